The monoisotopic (exact) mass is 244 g/mol. The van der Waals surface area contributed by atoms with Gasteiger partial charge in [-0.15, -0.1) is 0 Å². The van der Waals surface area contributed by atoms with Crippen LogP contribution in [0.2, 0.25) is 0 Å². The summed E-state index contributed by atoms with van der Waals surface area (Å²) in [6, 6.07) is -0.0361. The average Bonchev–Trinajstić information content (AvgIpc) is 2.33. The first kappa shape index (κ1) is 14.3. The van der Waals surface area contributed by atoms with Gasteiger partial charge in [0.15, 0.2) is 0 Å². The number of rotatable bonds is 6. The van der Waals surface area contributed by atoms with Crippen LogP contribution in [0, 0.1) is 5.41 Å². The Kier molecular flexibility index (Phi) is 5.21. The van der Waals surface area contributed by atoms with Crippen LogP contribution in [0.25, 0.3) is 0 Å². The summed E-state index contributed by atoms with van der Waals surface area (Å²) in [7, 11) is 1.73. The lowest BCUT2D eigenvalue weighted by molar-refractivity contribution is -0.119. The summed E-state index contributed by atoms with van der Waals surface area (Å²) in [6.45, 7) is 4.52. The van der Waals surface area contributed by atoms with Gasteiger partial charge in [-0.05, 0) is 19.3 Å². The first-order valence-electron chi connectivity index (χ1n) is 6.32. The average molecular weight is 244 g/mol. The zero-order valence-electron chi connectivity index (χ0n) is 11.0. The third-order valence-electron chi connectivity index (χ3n) is 4.09. The molecule has 2 amide bonds. The number of aliphatic hydroxyl groups is 1. The van der Waals surface area contributed by atoms with Gasteiger partial charge in [0.25, 0.3) is 0 Å². The van der Waals surface area contributed by atoms with Gasteiger partial charge in [-0.25, -0.2) is 4.79 Å². The summed E-state index contributed by atoms with van der Waals surface area (Å²) in [5.41, 5.74) is 0.0608. The molecule has 5 nitrogen and oxygen atoms in total. The second kappa shape index (κ2) is 6.21. The summed E-state index contributed by atoms with van der Waals surface area (Å²) >= 11 is 0. The van der Waals surface area contributed by atoms with Crippen LogP contribution >= 0.6 is 0 Å². The van der Waals surface area contributed by atoms with E-state index in [1.807, 2.05) is 0 Å². The van der Waals surface area contributed by atoms with Crippen LogP contribution in [0.15, 0.2) is 0 Å². The topological polar surface area (TPSA) is 70.6 Å². The van der Waals surface area contributed by atoms with E-state index in [2.05, 4.69) is 24.5 Å². The van der Waals surface area contributed by atoms with Crippen molar-refractivity contribution in [2.24, 2.45) is 5.41 Å². The Labute approximate surface area is 103 Å². The van der Waals surface area contributed by atoms with Crippen molar-refractivity contribution >= 4 is 6.03 Å². The molecule has 1 aliphatic rings. The van der Waals surface area contributed by atoms with Crippen LogP contribution in [-0.4, -0.2) is 43.5 Å². The molecule has 0 aromatic carbocycles. The second-order valence-electron chi connectivity index (χ2n) is 4.58. The highest BCUT2D eigenvalue weighted by Gasteiger charge is 2.53. The van der Waals surface area contributed by atoms with Gasteiger partial charge in [0, 0.05) is 25.1 Å². The molecular formula is C12H24N2O3. The quantitative estimate of drug-likeness (QED) is 0.649. The van der Waals surface area contributed by atoms with Crippen LogP contribution in [0.5, 0.6) is 0 Å². The Morgan fingerprint density at radius 3 is 2.59 bits per heavy atom. The molecule has 1 rings (SSSR count). The van der Waals surface area contributed by atoms with Crippen LogP contribution in [-0.2, 0) is 4.74 Å². The maximum absolute atomic E-state index is 11.5. The summed E-state index contributed by atoms with van der Waals surface area (Å²) < 4.78 is 5.47. The van der Waals surface area contributed by atoms with Gasteiger partial charge < -0.3 is 20.5 Å². The van der Waals surface area contributed by atoms with Crippen molar-refractivity contribution in [2.75, 3.05) is 20.3 Å². The lowest BCUT2D eigenvalue weighted by atomic mass is 9.58. The second-order valence-corrected chi connectivity index (χ2v) is 4.58. The number of methoxy groups -OCH3 is 1. The number of nitrogens with one attached hydrogen (secondary N) is 2. The summed E-state index contributed by atoms with van der Waals surface area (Å²) in [6.07, 6.45) is 3.09. The van der Waals surface area contributed by atoms with Crippen molar-refractivity contribution in [2.45, 2.75) is 45.3 Å². The maximum atomic E-state index is 11.5. The Hall–Kier alpha value is -0.810. The van der Waals surface area contributed by atoms with Crippen molar-refractivity contribution in [3.8, 4) is 0 Å². The Morgan fingerprint density at radius 1 is 1.47 bits per heavy atom. The minimum Gasteiger partial charge on any atom is -0.395 e. The molecule has 0 bridgehead atoms. The number of hydrogen-bond donors (Lipinski definition) is 3. The Bertz CT molecular complexity index is 254. The number of carbonyl (C=O) groups is 1. The third-order valence-corrected chi connectivity index (χ3v) is 4.09. The number of urea groups is 1. The van der Waals surface area contributed by atoms with Gasteiger partial charge in [-0.1, -0.05) is 13.8 Å². The fourth-order valence-electron chi connectivity index (χ4n) is 2.86. The molecule has 0 radical (unpaired) electrons. The van der Waals surface area contributed by atoms with Crippen molar-refractivity contribution in [3.05, 3.63) is 0 Å². The molecule has 2 atom stereocenters. The highest BCUT2D eigenvalue weighted by Crippen LogP contribution is 2.48. The maximum Gasteiger partial charge on any atom is 0.315 e. The lowest BCUT2D eigenvalue weighted by Gasteiger charge is -2.54. The standard InChI is InChI=1S/C12H24N2O3/c1-4-12(5-2)9(8-10(12)17-3)14-11(16)13-6-7-15/h9-10,15H,4-8H2,1-3H3,(H2,13,14,16). The zero-order valence-corrected chi connectivity index (χ0v) is 11.0. The molecule has 17 heavy (non-hydrogen) atoms. The van der Waals surface area contributed by atoms with Crippen molar-refractivity contribution in [3.63, 3.8) is 0 Å². The fourth-order valence-corrected chi connectivity index (χ4v) is 2.86. The minimum atomic E-state index is -0.204. The van der Waals surface area contributed by atoms with Gasteiger partial charge in [0.2, 0.25) is 0 Å². The lowest BCUT2D eigenvalue weighted by Crippen LogP contribution is -2.65. The molecule has 0 aromatic rings. The molecular weight excluding hydrogens is 220 g/mol. The number of aliphatic hydroxyl groups excluding tert-OH is 1. The van der Waals surface area contributed by atoms with Crippen molar-refractivity contribution in [1.82, 2.24) is 10.6 Å². The van der Waals surface area contributed by atoms with Gasteiger partial charge in [0.1, 0.15) is 0 Å². The molecule has 3 N–H and O–H groups in total. The van der Waals surface area contributed by atoms with Gasteiger partial charge in [-0.3, -0.25) is 0 Å². The largest absolute Gasteiger partial charge is 0.395 e. The first-order chi connectivity index (χ1) is 8.14. The van der Waals surface area contributed by atoms with Crippen LogP contribution in [0.3, 0.4) is 0 Å². The van der Waals surface area contributed by atoms with E-state index in [0.29, 0.717) is 0 Å². The number of hydrogen-bond acceptors (Lipinski definition) is 3. The number of amides is 2. The van der Waals surface area contributed by atoms with Gasteiger partial charge in [-0.2, -0.15) is 0 Å². The van der Waals surface area contributed by atoms with Gasteiger partial charge >= 0.3 is 6.03 Å². The molecule has 1 aliphatic carbocycles. The van der Waals surface area contributed by atoms with Crippen LogP contribution in [0.4, 0.5) is 4.79 Å². The SMILES string of the molecule is CCC1(CC)C(NC(=O)NCCO)CC1OC. The molecule has 0 saturated heterocycles. The zero-order chi connectivity index (χ0) is 12.9. The van der Waals surface area contributed by atoms with Crippen LogP contribution in [0.1, 0.15) is 33.1 Å². The van der Waals surface area contributed by atoms with Crippen LogP contribution < -0.4 is 10.6 Å². The smallest absolute Gasteiger partial charge is 0.315 e. The van der Waals surface area contributed by atoms with E-state index in [-0.39, 0.29) is 36.7 Å². The predicted octanol–water partition coefficient (Wildman–Crippen LogP) is 0.872. The molecule has 0 spiro atoms. The van der Waals surface area contributed by atoms with E-state index in [0.717, 1.165) is 19.3 Å². The fraction of sp³-hybridized carbons (Fsp3) is 0.917. The molecule has 0 aliphatic heterocycles. The Morgan fingerprint density at radius 2 is 2.12 bits per heavy atom. The summed E-state index contributed by atoms with van der Waals surface area (Å²) in [4.78, 5) is 11.5. The van der Waals surface area contributed by atoms with Crippen molar-refractivity contribution in [1.29, 1.82) is 0 Å². The van der Waals surface area contributed by atoms with Gasteiger partial charge in [0.05, 0.1) is 12.7 Å². The third kappa shape index (κ3) is 2.72. The summed E-state index contributed by atoms with van der Waals surface area (Å²) in [5.74, 6) is 0. The molecule has 5 heteroatoms. The van der Waals surface area contributed by atoms with E-state index >= 15 is 0 Å². The predicted molar refractivity (Wildman–Crippen MR) is 65.8 cm³/mol. The number of carbonyl (C=O) groups excluding carboxylic acids is 1. The number of ether oxygens (including phenoxy) is 1. The Balaban J connectivity index is 2.52. The normalized spacial score (nSPS) is 26.1. The minimum absolute atomic E-state index is 0.0362. The summed E-state index contributed by atoms with van der Waals surface area (Å²) in [5, 5.41) is 14.2. The molecule has 0 heterocycles. The van der Waals surface area contributed by atoms with E-state index < -0.39 is 0 Å². The highest BCUT2D eigenvalue weighted by atomic mass is 16.5. The molecule has 2 unspecified atom stereocenters. The molecule has 1 saturated carbocycles. The van der Waals surface area contributed by atoms with E-state index in [4.69, 9.17) is 9.84 Å². The molecule has 0 aromatic heterocycles. The van der Waals surface area contributed by atoms with E-state index in [1.54, 1.807) is 7.11 Å². The molecule has 1 fully saturated rings. The van der Waals surface area contributed by atoms with E-state index in [9.17, 15) is 4.79 Å². The van der Waals surface area contributed by atoms with E-state index in [1.165, 1.54) is 0 Å². The highest BCUT2D eigenvalue weighted by molar-refractivity contribution is 5.74. The molecule has 100 valence electrons. The first-order valence-corrected chi connectivity index (χ1v) is 6.32. The van der Waals surface area contributed by atoms with Crippen molar-refractivity contribution < 1.29 is 14.6 Å².